The van der Waals surface area contributed by atoms with E-state index in [0.717, 1.165) is 17.9 Å². The van der Waals surface area contributed by atoms with Crippen LogP contribution in [0.5, 0.6) is 0 Å². The maximum atomic E-state index is 3.70. The van der Waals surface area contributed by atoms with E-state index in [1.807, 2.05) is 11.3 Å². The Bertz CT molecular complexity index is 539. The lowest BCUT2D eigenvalue weighted by Crippen LogP contribution is -2.29. The minimum atomic E-state index is 0.741. The van der Waals surface area contributed by atoms with Crippen molar-refractivity contribution in [3.05, 3.63) is 35.2 Å². The van der Waals surface area contributed by atoms with Crippen LogP contribution in [-0.2, 0) is 6.42 Å². The van der Waals surface area contributed by atoms with Gasteiger partial charge in [-0.1, -0.05) is 32.0 Å². The second-order valence-corrected chi connectivity index (χ2v) is 7.06. The molecule has 1 aromatic heterocycles. The fraction of sp³-hybridized carbons (Fsp3) is 0.529. The summed E-state index contributed by atoms with van der Waals surface area (Å²) in [7, 11) is 0. The molecule has 2 heteroatoms. The largest absolute Gasteiger partial charge is 0.314 e. The fourth-order valence-corrected chi connectivity index (χ4v) is 3.60. The quantitative estimate of drug-likeness (QED) is 0.819. The highest BCUT2D eigenvalue weighted by molar-refractivity contribution is 7.17. The summed E-state index contributed by atoms with van der Waals surface area (Å²) in [5.74, 6) is 1.49. The minimum Gasteiger partial charge on any atom is -0.314 e. The first kappa shape index (κ1) is 13.1. The van der Waals surface area contributed by atoms with Gasteiger partial charge in [-0.25, -0.2) is 0 Å². The van der Waals surface area contributed by atoms with Crippen LogP contribution in [0.15, 0.2) is 29.6 Å². The fourth-order valence-electron chi connectivity index (χ4n) is 2.62. The van der Waals surface area contributed by atoms with Gasteiger partial charge in [0.15, 0.2) is 0 Å². The molecule has 19 heavy (non-hydrogen) atoms. The molecule has 1 saturated carbocycles. The summed E-state index contributed by atoms with van der Waals surface area (Å²) in [4.78, 5) is 0. The Labute approximate surface area is 120 Å². The molecule has 0 aliphatic heterocycles. The molecule has 1 aromatic carbocycles. The molecule has 1 fully saturated rings. The van der Waals surface area contributed by atoms with Crippen LogP contribution in [0.4, 0.5) is 0 Å². The number of thiophene rings is 1. The van der Waals surface area contributed by atoms with E-state index < -0.39 is 0 Å². The van der Waals surface area contributed by atoms with Crippen molar-refractivity contribution in [1.29, 1.82) is 0 Å². The van der Waals surface area contributed by atoms with Crippen molar-refractivity contribution in [2.75, 3.05) is 6.54 Å². The Morgan fingerprint density at radius 1 is 1.26 bits per heavy atom. The summed E-state index contributed by atoms with van der Waals surface area (Å²) in [6, 6.07) is 9.62. The van der Waals surface area contributed by atoms with Crippen LogP contribution in [0.3, 0.4) is 0 Å². The number of hydrogen-bond donors (Lipinski definition) is 1. The van der Waals surface area contributed by atoms with Crippen molar-refractivity contribution in [2.24, 2.45) is 11.8 Å². The smallest absolute Gasteiger partial charge is 0.0345 e. The molecular weight excluding hydrogens is 250 g/mol. The van der Waals surface area contributed by atoms with Crippen LogP contribution in [0, 0.1) is 11.8 Å². The summed E-state index contributed by atoms with van der Waals surface area (Å²) in [5, 5.41) is 7.52. The van der Waals surface area contributed by atoms with Gasteiger partial charge >= 0.3 is 0 Å². The Morgan fingerprint density at radius 3 is 2.79 bits per heavy atom. The van der Waals surface area contributed by atoms with Crippen LogP contribution in [-0.4, -0.2) is 12.6 Å². The Hall–Kier alpha value is -0.860. The molecule has 0 amide bonds. The summed E-state index contributed by atoms with van der Waals surface area (Å²) >= 11 is 1.88. The lowest BCUT2D eigenvalue weighted by molar-refractivity contribution is 0.360. The number of rotatable bonds is 6. The van der Waals surface area contributed by atoms with E-state index in [9.17, 15) is 0 Å². The standard InChI is InChI=1S/C17H23NS/c1-12(2)13(10-18-15-7-8-15)9-14-11-19-17-6-4-3-5-16(14)17/h3-6,11-13,15,18H,7-10H2,1-2H3. The van der Waals surface area contributed by atoms with Crippen LogP contribution in [0.1, 0.15) is 32.3 Å². The molecule has 1 nitrogen and oxygen atoms in total. The van der Waals surface area contributed by atoms with Crippen LogP contribution in [0.25, 0.3) is 10.1 Å². The van der Waals surface area contributed by atoms with Gasteiger partial charge in [-0.2, -0.15) is 0 Å². The van der Waals surface area contributed by atoms with E-state index >= 15 is 0 Å². The van der Waals surface area contributed by atoms with Crippen molar-refractivity contribution in [1.82, 2.24) is 5.32 Å². The summed E-state index contributed by atoms with van der Waals surface area (Å²) in [6.45, 7) is 5.88. The topological polar surface area (TPSA) is 12.0 Å². The summed E-state index contributed by atoms with van der Waals surface area (Å²) < 4.78 is 1.43. The zero-order valence-electron chi connectivity index (χ0n) is 11.9. The monoisotopic (exact) mass is 273 g/mol. The first-order chi connectivity index (χ1) is 9.24. The highest BCUT2D eigenvalue weighted by Crippen LogP contribution is 2.29. The molecule has 0 spiro atoms. The number of fused-ring (bicyclic) bond motifs is 1. The van der Waals surface area contributed by atoms with E-state index in [1.165, 1.54) is 41.5 Å². The molecule has 1 aliphatic rings. The zero-order chi connectivity index (χ0) is 13.2. The van der Waals surface area contributed by atoms with Crippen molar-refractivity contribution < 1.29 is 0 Å². The van der Waals surface area contributed by atoms with Gasteiger partial charge in [-0.3, -0.25) is 0 Å². The molecule has 3 rings (SSSR count). The van der Waals surface area contributed by atoms with Gasteiger partial charge in [-0.05, 0) is 60.0 Å². The molecular formula is C17H23NS. The van der Waals surface area contributed by atoms with Gasteiger partial charge in [0.05, 0.1) is 0 Å². The number of benzene rings is 1. The second-order valence-electron chi connectivity index (χ2n) is 6.15. The minimum absolute atomic E-state index is 0.741. The molecule has 1 unspecified atom stereocenters. The number of nitrogens with one attached hydrogen (secondary N) is 1. The van der Waals surface area contributed by atoms with Gasteiger partial charge < -0.3 is 5.32 Å². The first-order valence-corrected chi connectivity index (χ1v) is 8.30. The van der Waals surface area contributed by atoms with Gasteiger partial charge in [-0.15, -0.1) is 11.3 Å². The highest BCUT2D eigenvalue weighted by atomic mass is 32.1. The Balaban J connectivity index is 1.72. The van der Waals surface area contributed by atoms with Crippen LogP contribution < -0.4 is 5.32 Å². The van der Waals surface area contributed by atoms with Crippen LogP contribution >= 0.6 is 11.3 Å². The van der Waals surface area contributed by atoms with E-state index in [4.69, 9.17) is 0 Å². The third kappa shape index (κ3) is 3.18. The molecule has 2 aromatic rings. The molecule has 0 bridgehead atoms. The van der Waals surface area contributed by atoms with E-state index in [-0.39, 0.29) is 0 Å². The third-order valence-corrected chi connectivity index (χ3v) is 5.24. The van der Waals surface area contributed by atoms with Gasteiger partial charge in [0, 0.05) is 10.7 Å². The lowest BCUT2D eigenvalue weighted by Gasteiger charge is -2.21. The van der Waals surface area contributed by atoms with Crippen molar-refractivity contribution >= 4 is 21.4 Å². The van der Waals surface area contributed by atoms with Crippen molar-refractivity contribution in [3.63, 3.8) is 0 Å². The predicted molar refractivity (Wildman–Crippen MR) is 84.9 cm³/mol. The van der Waals surface area contributed by atoms with Crippen molar-refractivity contribution in [2.45, 2.75) is 39.2 Å². The molecule has 1 aliphatic carbocycles. The van der Waals surface area contributed by atoms with Gasteiger partial charge in [0.2, 0.25) is 0 Å². The lowest BCUT2D eigenvalue weighted by atomic mass is 9.89. The van der Waals surface area contributed by atoms with E-state index in [2.05, 4.69) is 48.8 Å². The van der Waals surface area contributed by atoms with E-state index in [0.29, 0.717) is 0 Å². The molecule has 1 heterocycles. The van der Waals surface area contributed by atoms with Crippen LogP contribution in [0.2, 0.25) is 0 Å². The normalized spacial score (nSPS) is 17.2. The molecule has 0 radical (unpaired) electrons. The third-order valence-electron chi connectivity index (χ3n) is 4.23. The first-order valence-electron chi connectivity index (χ1n) is 7.42. The maximum absolute atomic E-state index is 3.70. The second kappa shape index (κ2) is 5.64. The SMILES string of the molecule is CC(C)C(CNC1CC1)Cc1csc2ccccc12. The average molecular weight is 273 g/mol. The Kier molecular flexibility index (Phi) is 3.90. The zero-order valence-corrected chi connectivity index (χ0v) is 12.7. The summed E-state index contributed by atoms with van der Waals surface area (Å²) in [5.41, 5.74) is 1.54. The molecule has 1 N–H and O–H groups in total. The number of hydrogen-bond acceptors (Lipinski definition) is 2. The Morgan fingerprint density at radius 2 is 2.05 bits per heavy atom. The van der Waals surface area contributed by atoms with Gasteiger partial charge in [0.1, 0.15) is 0 Å². The predicted octanol–water partition coefficient (Wildman–Crippen LogP) is 4.47. The average Bonchev–Trinajstić information content (AvgIpc) is 3.15. The molecule has 102 valence electrons. The van der Waals surface area contributed by atoms with Crippen molar-refractivity contribution in [3.8, 4) is 0 Å². The summed E-state index contributed by atoms with van der Waals surface area (Å²) in [6.07, 6.45) is 3.97. The van der Waals surface area contributed by atoms with E-state index in [1.54, 1.807) is 0 Å². The molecule has 1 atom stereocenters. The molecule has 0 saturated heterocycles. The maximum Gasteiger partial charge on any atom is 0.0345 e. The van der Waals surface area contributed by atoms with Gasteiger partial charge in [0.25, 0.3) is 0 Å². The highest BCUT2D eigenvalue weighted by Gasteiger charge is 2.23.